The van der Waals surface area contributed by atoms with Gasteiger partial charge in [-0.2, -0.15) is 0 Å². The first-order valence-electron chi connectivity index (χ1n) is 5.35. The van der Waals surface area contributed by atoms with Crippen LogP contribution < -0.4 is 11.4 Å². The van der Waals surface area contributed by atoms with Crippen LogP contribution >= 0.6 is 0 Å². The summed E-state index contributed by atoms with van der Waals surface area (Å²) in [5, 5.41) is 1.71. The van der Waals surface area contributed by atoms with Crippen LogP contribution in [0.1, 0.15) is 11.3 Å². The Bertz CT molecular complexity index is 767. The molecule has 2 N–H and O–H groups in total. The molecule has 4 nitrogen and oxygen atoms in total. The molecule has 0 unspecified atom stereocenters. The van der Waals surface area contributed by atoms with Gasteiger partial charge in [-0.1, -0.05) is 0 Å². The van der Waals surface area contributed by atoms with Gasteiger partial charge in [0.25, 0.3) is 0 Å². The van der Waals surface area contributed by atoms with Crippen molar-refractivity contribution < 1.29 is 8.83 Å². The Hall–Kier alpha value is -2.07. The molecule has 17 heavy (non-hydrogen) atoms. The Balaban J connectivity index is 2.53. The highest BCUT2D eigenvalue weighted by atomic mass is 16.4. The van der Waals surface area contributed by atoms with E-state index in [0.717, 1.165) is 16.3 Å². The maximum atomic E-state index is 11.4. The van der Waals surface area contributed by atoms with Crippen molar-refractivity contribution in [3.8, 4) is 0 Å². The first-order valence-corrected chi connectivity index (χ1v) is 5.35. The molecule has 0 fully saturated rings. The molecule has 0 radical (unpaired) electrons. The average molecular weight is 229 g/mol. The highest BCUT2D eigenvalue weighted by Gasteiger charge is 2.10. The summed E-state index contributed by atoms with van der Waals surface area (Å²) in [6, 6.07) is 7.06. The number of nitrogens with two attached hydrogens (primary N) is 1. The first-order chi connectivity index (χ1) is 8.19. The lowest BCUT2D eigenvalue weighted by Crippen LogP contribution is -1.97. The molecule has 0 spiro atoms. The van der Waals surface area contributed by atoms with Gasteiger partial charge in [-0.3, -0.25) is 0 Å². The lowest BCUT2D eigenvalue weighted by molar-refractivity contribution is 0.551. The van der Waals surface area contributed by atoms with Crippen LogP contribution in [0, 0.1) is 6.92 Å². The highest BCUT2D eigenvalue weighted by Crippen LogP contribution is 2.28. The number of fused-ring (bicyclic) bond motifs is 3. The minimum absolute atomic E-state index is 0.326. The molecule has 2 heterocycles. The Morgan fingerprint density at radius 1 is 1.18 bits per heavy atom. The van der Waals surface area contributed by atoms with Gasteiger partial charge < -0.3 is 14.6 Å². The molecule has 0 bridgehead atoms. The number of rotatable bonds is 1. The summed E-state index contributed by atoms with van der Waals surface area (Å²) < 4.78 is 10.8. The Labute approximate surface area is 96.6 Å². The molecular formula is C13H11NO3. The zero-order valence-corrected chi connectivity index (χ0v) is 9.32. The number of benzene rings is 1. The van der Waals surface area contributed by atoms with Gasteiger partial charge in [0.05, 0.1) is 11.9 Å². The Morgan fingerprint density at radius 2 is 2.00 bits per heavy atom. The van der Waals surface area contributed by atoms with E-state index in [1.807, 2.05) is 25.1 Å². The second kappa shape index (κ2) is 3.46. The quantitative estimate of drug-likeness (QED) is 0.650. The zero-order chi connectivity index (χ0) is 12.0. The van der Waals surface area contributed by atoms with Crippen molar-refractivity contribution in [2.24, 2.45) is 5.73 Å². The average Bonchev–Trinajstić information content (AvgIpc) is 2.72. The third kappa shape index (κ3) is 1.45. The molecule has 2 aromatic heterocycles. The minimum Gasteiger partial charge on any atom is -0.460 e. The van der Waals surface area contributed by atoms with Crippen molar-refractivity contribution in [2.75, 3.05) is 0 Å². The van der Waals surface area contributed by atoms with E-state index in [1.165, 1.54) is 6.07 Å². The topological polar surface area (TPSA) is 69.4 Å². The van der Waals surface area contributed by atoms with Gasteiger partial charge in [0, 0.05) is 11.5 Å². The van der Waals surface area contributed by atoms with E-state index < -0.39 is 0 Å². The van der Waals surface area contributed by atoms with Crippen molar-refractivity contribution in [1.82, 2.24) is 0 Å². The molecule has 0 aliphatic rings. The van der Waals surface area contributed by atoms with Crippen LogP contribution in [-0.4, -0.2) is 0 Å². The van der Waals surface area contributed by atoms with Gasteiger partial charge >= 0.3 is 5.63 Å². The van der Waals surface area contributed by atoms with E-state index in [9.17, 15) is 4.79 Å². The summed E-state index contributed by atoms with van der Waals surface area (Å²) in [6.07, 6.45) is 0. The highest BCUT2D eigenvalue weighted by molar-refractivity contribution is 6.03. The molecule has 0 saturated carbocycles. The molecule has 4 heteroatoms. The lowest BCUT2D eigenvalue weighted by atomic mass is 10.1. The summed E-state index contributed by atoms with van der Waals surface area (Å²) in [6.45, 7) is 2.21. The molecule has 0 aliphatic heterocycles. The summed E-state index contributed by atoms with van der Waals surface area (Å²) in [5.41, 5.74) is 7.33. The van der Waals surface area contributed by atoms with Crippen LogP contribution in [-0.2, 0) is 6.54 Å². The molecule has 0 saturated heterocycles. The molecule has 0 aliphatic carbocycles. The van der Waals surface area contributed by atoms with E-state index >= 15 is 0 Å². The molecule has 0 atom stereocenters. The third-order valence-corrected chi connectivity index (χ3v) is 2.87. The Kier molecular flexibility index (Phi) is 2.06. The smallest absolute Gasteiger partial charge is 0.336 e. The summed E-state index contributed by atoms with van der Waals surface area (Å²) >= 11 is 0. The fourth-order valence-electron chi connectivity index (χ4n) is 2.04. The summed E-state index contributed by atoms with van der Waals surface area (Å²) in [5.74, 6) is 0.677. The molecular weight excluding hydrogens is 218 g/mol. The van der Waals surface area contributed by atoms with Crippen LogP contribution in [0.2, 0.25) is 0 Å². The monoisotopic (exact) mass is 229 g/mol. The number of hydrogen-bond donors (Lipinski definition) is 1. The van der Waals surface area contributed by atoms with Crippen LogP contribution in [0.3, 0.4) is 0 Å². The van der Waals surface area contributed by atoms with E-state index in [-0.39, 0.29) is 5.63 Å². The number of furan rings is 1. The zero-order valence-electron chi connectivity index (χ0n) is 9.32. The van der Waals surface area contributed by atoms with Gasteiger partial charge in [0.2, 0.25) is 0 Å². The van der Waals surface area contributed by atoms with E-state index in [4.69, 9.17) is 14.6 Å². The summed E-state index contributed by atoms with van der Waals surface area (Å²) in [4.78, 5) is 11.4. The van der Waals surface area contributed by atoms with Crippen molar-refractivity contribution >= 4 is 21.9 Å². The molecule has 3 aromatic rings. The number of hydrogen-bond acceptors (Lipinski definition) is 4. The molecule has 1 aromatic carbocycles. The van der Waals surface area contributed by atoms with E-state index in [1.54, 1.807) is 0 Å². The van der Waals surface area contributed by atoms with E-state index in [2.05, 4.69) is 0 Å². The predicted octanol–water partition coefficient (Wildman–Crippen LogP) is 2.31. The van der Waals surface area contributed by atoms with Crippen molar-refractivity contribution in [2.45, 2.75) is 13.5 Å². The predicted molar refractivity (Wildman–Crippen MR) is 64.9 cm³/mol. The van der Waals surface area contributed by atoms with Crippen LogP contribution in [0.15, 0.2) is 37.9 Å². The van der Waals surface area contributed by atoms with E-state index in [0.29, 0.717) is 23.5 Å². The minimum atomic E-state index is -0.349. The van der Waals surface area contributed by atoms with Gasteiger partial charge in [-0.25, -0.2) is 4.79 Å². The van der Waals surface area contributed by atoms with Crippen LogP contribution in [0.5, 0.6) is 0 Å². The van der Waals surface area contributed by atoms with Gasteiger partial charge in [0.1, 0.15) is 16.9 Å². The second-order valence-electron chi connectivity index (χ2n) is 4.02. The van der Waals surface area contributed by atoms with Crippen molar-refractivity contribution in [3.63, 3.8) is 0 Å². The van der Waals surface area contributed by atoms with Crippen LogP contribution in [0.4, 0.5) is 0 Å². The maximum absolute atomic E-state index is 11.4. The number of aryl methyl sites for hydroxylation is 1. The SMILES string of the molecule is Cc1cc(=O)oc2c1ccc1oc(CN)cc12. The van der Waals surface area contributed by atoms with Crippen molar-refractivity contribution in [3.05, 3.63) is 46.0 Å². The van der Waals surface area contributed by atoms with Gasteiger partial charge in [0.15, 0.2) is 0 Å². The molecule has 3 rings (SSSR count). The van der Waals surface area contributed by atoms with Gasteiger partial charge in [-0.15, -0.1) is 0 Å². The second-order valence-corrected chi connectivity index (χ2v) is 4.02. The Morgan fingerprint density at radius 3 is 2.76 bits per heavy atom. The van der Waals surface area contributed by atoms with Crippen LogP contribution in [0.25, 0.3) is 21.9 Å². The largest absolute Gasteiger partial charge is 0.460 e. The molecule has 86 valence electrons. The standard InChI is InChI=1S/C13H11NO3/c1-7-4-12(15)17-13-9(7)2-3-11-10(13)5-8(6-14)16-11/h2-5H,6,14H2,1H3. The fourth-order valence-corrected chi connectivity index (χ4v) is 2.04. The lowest BCUT2D eigenvalue weighted by Gasteiger charge is -1.99. The maximum Gasteiger partial charge on any atom is 0.336 e. The third-order valence-electron chi connectivity index (χ3n) is 2.87. The normalized spacial score (nSPS) is 11.4. The van der Waals surface area contributed by atoms with Crippen molar-refractivity contribution in [1.29, 1.82) is 0 Å². The van der Waals surface area contributed by atoms with Gasteiger partial charge in [-0.05, 0) is 30.7 Å². The first kappa shape index (κ1) is 10.1. The summed E-state index contributed by atoms with van der Waals surface area (Å²) in [7, 11) is 0. The fraction of sp³-hybridized carbons (Fsp3) is 0.154. The molecule has 0 amide bonds.